The van der Waals surface area contributed by atoms with E-state index in [0.29, 0.717) is 5.76 Å². The molecule has 0 fully saturated rings. The molecule has 1 N–H and O–H groups in total. The quantitative estimate of drug-likeness (QED) is 0.104. The molecule has 1 atom stereocenters. The van der Waals surface area contributed by atoms with Crippen LogP contribution in [0.25, 0.3) is 5.57 Å². The number of amides is 1. The lowest BCUT2D eigenvalue weighted by molar-refractivity contribution is -0.154. The number of benzene rings is 2. The van der Waals surface area contributed by atoms with Crippen molar-refractivity contribution < 1.29 is 33.3 Å². The Balaban J connectivity index is 1.88. The Morgan fingerprint density at radius 1 is 0.787 bits per heavy atom. The van der Waals surface area contributed by atoms with E-state index in [9.17, 15) is 14.4 Å². The summed E-state index contributed by atoms with van der Waals surface area (Å²) in [5, 5.41) is 5.30. The highest BCUT2D eigenvalue weighted by Gasteiger charge is 2.26. The van der Waals surface area contributed by atoms with E-state index >= 15 is 0 Å². The number of rotatable bonds is 13. The first-order valence-corrected chi connectivity index (χ1v) is 22.7. The van der Waals surface area contributed by atoms with E-state index in [4.69, 9.17) is 18.9 Å². The summed E-state index contributed by atoms with van der Waals surface area (Å²) in [6.07, 6.45) is 1.38. The van der Waals surface area contributed by atoms with E-state index in [1.165, 1.54) is 36.7 Å². The zero-order chi connectivity index (χ0) is 35.1. The van der Waals surface area contributed by atoms with E-state index in [2.05, 4.69) is 98.1 Å². The average Bonchev–Trinajstić information content (AvgIpc) is 3.00. The number of carbonyl (C=O) groups is 3. The van der Waals surface area contributed by atoms with Gasteiger partial charge in [-0.25, -0.2) is 9.78 Å². The zero-order valence-electron chi connectivity index (χ0n) is 29.4. The molecule has 3 rings (SSSR count). The molecular formula is C36H48N2O7Si2. The van der Waals surface area contributed by atoms with Crippen molar-refractivity contribution in [1.82, 2.24) is 10.3 Å². The molecule has 252 valence electrons. The second-order valence-electron chi connectivity index (χ2n) is 13.8. The van der Waals surface area contributed by atoms with Crippen LogP contribution in [0, 0.1) is 5.92 Å². The molecule has 11 heteroatoms. The molecule has 47 heavy (non-hydrogen) atoms. The molecule has 0 unspecified atom stereocenters. The molecule has 3 aromatic rings. The molecule has 1 heterocycles. The van der Waals surface area contributed by atoms with Gasteiger partial charge in [-0.05, 0) is 25.0 Å². The third-order valence-corrected chi connectivity index (χ3v) is 11.7. The first-order valence-electron chi connectivity index (χ1n) is 15.7. The van der Waals surface area contributed by atoms with Gasteiger partial charge in [0.15, 0.2) is 17.2 Å². The number of hydrogen-bond donors (Lipinski definition) is 1. The summed E-state index contributed by atoms with van der Waals surface area (Å²) in [5.41, 5.74) is 2.51. The molecule has 1 amide bonds. The molecule has 0 spiro atoms. The lowest BCUT2D eigenvalue weighted by Gasteiger charge is -2.21. The predicted octanol–water partition coefficient (Wildman–Crippen LogP) is 5.86. The molecular weight excluding hydrogens is 629 g/mol. The second-order valence-corrected chi connectivity index (χ2v) is 23.9. The highest BCUT2D eigenvalue weighted by molar-refractivity contribution is 6.89. The Morgan fingerprint density at radius 3 is 1.74 bits per heavy atom. The Bertz CT molecular complexity index is 1540. The van der Waals surface area contributed by atoms with Gasteiger partial charge in [0.05, 0.1) is 29.2 Å². The number of hydrogen-bond acceptors (Lipinski definition) is 8. The highest BCUT2D eigenvalue weighted by atomic mass is 28.3. The van der Waals surface area contributed by atoms with Gasteiger partial charge < -0.3 is 24.3 Å². The van der Waals surface area contributed by atoms with Gasteiger partial charge in [-0.3, -0.25) is 9.59 Å². The number of nitrogens with one attached hydrogen (secondary N) is 1. The van der Waals surface area contributed by atoms with Crippen LogP contribution in [0.15, 0.2) is 66.6 Å². The maximum atomic E-state index is 13.4. The summed E-state index contributed by atoms with van der Waals surface area (Å²) in [7, 11) is -1.63. The molecule has 9 nitrogen and oxygen atoms in total. The van der Waals surface area contributed by atoms with Crippen LogP contribution in [0.2, 0.25) is 39.3 Å². The van der Waals surface area contributed by atoms with E-state index in [1.807, 2.05) is 0 Å². The van der Waals surface area contributed by atoms with Crippen LogP contribution in [0.1, 0.15) is 49.3 Å². The monoisotopic (exact) mass is 676 g/mol. The Hall–Kier alpha value is -4.23. The standard InChI is InChI=1S/C36H48N2O7Si2/c1-23(2)35(40)44-22-43-33-30(42-5)20-21-37-32(33)34(39)38-24(3)36(41)45-25(4)31(26-12-16-28(17-13-26)46(6,7)8)27-14-18-29(19-15-27)47(9,10)11/h12-21,23-24H,22H2,1-11H3,(H,38,39)/t24-/m0/s1. The van der Waals surface area contributed by atoms with Gasteiger partial charge in [-0.1, -0.05) is 112 Å². The number of esters is 2. The zero-order valence-corrected chi connectivity index (χ0v) is 31.4. The van der Waals surface area contributed by atoms with Crippen molar-refractivity contribution in [2.75, 3.05) is 13.9 Å². The first kappa shape index (κ1) is 37.2. The smallest absolute Gasteiger partial charge is 0.333 e. The topological polar surface area (TPSA) is 113 Å². The van der Waals surface area contributed by atoms with Gasteiger partial charge >= 0.3 is 11.9 Å². The number of allylic oxidation sites excluding steroid dienone is 1. The third kappa shape index (κ3) is 9.88. The van der Waals surface area contributed by atoms with E-state index < -0.39 is 46.8 Å². The van der Waals surface area contributed by atoms with Crippen LogP contribution in [0.3, 0.4) is 0 Å². The summed E-state index contributed by atoms with van der Waals surface area (Å²) in [4.78, 5) is 42.7. The fourth-order valence-corrected chi connectivity index (χ4v) is 7.00. The lowest BCUT2D eigenvalue weighted by atomic mass is 9.97. The molecule has 0 aliphatic carbocycles. The lowest BCUT2D eigenvalue weighted by Crippen LogP contribution is -2.40. The maximum absolute atomic E-state index is 13.4. The van der Waals surface area contributed by atoms with Gasteiger partial charge in [0.2, 0.25) is 6.79 Å². The molecule has 0 aliphatic heterocycles. The summed E-state index contributed by atoms with van der Waals surface area (Å²) in [5.74, 6) is -1.55. The fraction of sp³-hybridized carbons (Fsp3) is 0.389. The Morgan fingerprint density at radius 2 is 1.30 bits per heavy atom. The number of ether oxygens (including phenoxy) is 4. The van der Waals surface area contributed by atoms with Crippen LogP contribution in [0.5, 0.6) is 11.5 Å². The molecule has 0 radical (unpaired) electrons. The Kier molecular flexibility index (Phi) is 12.3. The SMILES string of the molecule is COc1ccnc(C(=O)N[C@@H](C)C(=O)OC(C)=C(c2ccc([Si](C)(C)C)cc2)c2ccc([Si](C)(C)C)cc2)c1OCOC(=O)C(C)C. The number of carbonyl (C=O) groups excluding carboxylic acids is 3. The van der Waals surface area contributed by atoms with Crippen LogP contribution in [-0.2, 0) is 19.1 Å². The van der Waals surface area contributed by atoms with Gasteiger partial charge in [0, 0.05) is 17.8 Å². The van der Waals surface area contributed by atoms with Crippen molar-refractivity contribution in [2.45, 2.75) is 73.0 Å². The number of methoxy groups -OCH3 is 1. The molecule has 0 saturated carbocycles. The predicted molar refractivity (Wildman–Crippen MR) is 191 cm³/mol. The number of pyridine rings is 1. The van der Waals surface area contributed by atoms with Crippen molar-refractivity contribution in [3.8, 4) is 11.5 Å². The molecule has 1 aromatic heterocycles. The number of aromatic nitrogens is 1. The summed E-state index contributed by atoms with van der Waals surface area (Å²) in [6, 6.07) is 17.4. The average molecular weight is 677 g/mol. The van der Waals surface area contributed by atoms with E-state index in [1.54, 1.807) is 20.8 Å². The van der Waals surface area contributed by atoms with Crippen molar-refractivity contribution in [1.29, 1.82) is 0 Å². The van der Waals surface area contributed by atoms with Crippen LogP contribution >= 0.6 is 0 Å². The first-order chi connectivity index (χ1) is 21.9. The molecule has 0 bridgehead atoms. The van der Waals surface area contributed by atoms with Crippen LogP contribution < -0.4 is 25.2 Å². The van der Waals surface area contributed by atoms with E-state index in [0.717, 1.165) is 16.7 Å². The van der Waals surface area contributed by atoms with Crippen molar-refractivity contribution >= 4 is 49.9 Å². The number of nitrogens with zero attached hydrogens (tertiary/aromatic N) is 1. The largest absolute Gasteiger partial charge is 0.493 e. The summed E-state index contributed by atoms with van der Waals surface area (Å²) in [6.45, 7) is 20.0. The van der Waals surface area contributed by atoms with Crippen molar-refractivity contribution in [2.24, 2.45) is 5.92 Å². The van der Waals surface area contributed by atoms with Gasteiger partial charge in [0.25, 0.3) is 5.91 Å². The van der Waals surface area contributed by atoms with Gasteiger partial charge in [0.1, 0.15) is 11.8 Å². The van der Waals surface area contributed by atoms with Gasteiger partial charge in [-0.2, -0.15) is 0 Å². The molecule has 0 aliphatic rings. The summed E-state index contributed by atoms with van der Waals surface area (Å²) < 4.78 is 21.9. The highest BCUT2D eigenvalue weighted by Crippen LogP contribution is 2.30. The molecule has 2 aromatic carbocycles. The molecule has 0 saturated heterocycles. The van der Waals surface area contributed by atoms with Crippen molar-refractivity contribution in [3.63, 3.8) is 0 Å². The fourth-order valence-electron chi connectivity index (χ4n) is 4.67. The van der Waals surface area contributed by atoms with E-state index in [-0.39, 0.29) is 23.1 Å². The maximum Gasteiger partial charge on any atom is 0.333 e. The Labute approximate surface area is 280 Å². The minimum atomic E-state index is -1.52. The van der Waals surface area contributed by atoms with Crippen molar-refractivity contribution in [3.05, 3.63) is 83.4 Å². The van der Waals surface area contributed by atoms with Crippen LogP contribution in [0.4, 0.5) is 0 Å². The third-order valence-electron chi connectivity index (χ3n) is 7.57. The minimum absolute atomic E-state index is 0.0217. The minimum Gasteiger partial charge on any atom is -0.493 e. The van der Waals surface area contributed by atoms with Crippen LogP contribution in [-0.4, -0.2) is 58.9 Å². The van der Waals surface area contributed by atoms with Gasteiger partial charge in [-0.15, -0.1) is 0 Å². The summed E-state index contributed by atoms with van der Waals surface area (Å²) >= 11 is 0. The second kappa shape index (κ2) is 15.6. The normalized spacial score (nSPS) is 12.2.